The van der Waals surface area contributed by atoms with E-state index < -0.39 is 0 Å². The molecule has 0 atom stereocenters. The minimum atomic E-state index is 0.318. The van der Waals surface area contributed by atoms with Gasteiger partial charge in [-0.2, -0.15) is 0 Å². The summed E-state index contributed by atoms with van der Waals surface area (Å²) >= 11 is 0. The molecule has 0 bridgehead atoms. The molecule has 3 rings (SSSR count). The van der Waals surface area contributed by atoms with Crippen LogP contribution in [0, 0.1) is 5.92 Å². The van der Waals surface area contributed by atoms with E-state index in [1.807, 2.05) is 35.0 Å². The Morgan fingerprint density at radius 3 is 2.94 bits per heavy atom. The maximum Gasteiger partial charge on any atom is 0.155 e. The highest BCUT2D eigenvalue weighted by Crippen LogP contribution is 2.31. The Bertz CT molecular complexity index is 567. The summed E-state index contributed by atoms with van der Waals surface area (Å²) in [5, 5.41) is 1.07. The number of carbonyl (C=O) groups is 1. The van der Waals surface area contributed by atoms with Gasteiger partial charge in [-0.3, -0.25) is 4.79 Å². The molecule has 0 N–H and O–H groups in total. The lowest BCUT2D eigenvalue weighted by molar-refractivity contribution is -0.120. The standard InChI is InChI=1S/C14H15NO2/c1-17-14-4-2-3-12-11(14)7-8-15(12)9-13(16)10-5-6-10/h2-4,7-8,10H,5-6,9H2,1H3. The van der Waals surface area contributed by atoms with E-state index in [4.69, 9.17) is 4.74 Å². The number of ketones is 1. The van der Waals surface area contributed by atoms with Crippen LogP contribution in [0.2, 0.25) is 0 Å². The summed E-state index contributed by atoms with van der Waals surface area (Å²) in [5.41, 5.74) is 1.07. The molecule has 0 spiro atoms. The fraction of sp³-hybridized carbons (Fsp3) is 0.357. The van der Waals surface area contributed by atoms with Gasteiger partial charge in [-0.05, 0) is 31.0 Å². The third-order valence-electron chi connectivity index (χ3n) is 3.35. The molecular formula is C14H15NO2. The molecule has 1 heterocycles. The lowest BCUT2D eigenvalue weighted by Gasteiger charge is -2.05. The quantitative estimate of drug-likeness (QED) is 0.807. The second-order valence-corrected chi connectivity index (χ2v) is 4.58. The smallest absolute Gasteiger partial charge is 0.155 e. The van der Waals surface area contributed by atoms with Crippen LogP contribution < -0.4 is 4.74 Å². The van der Waals surface area contributed by atoms with Gasteiger partial charge in [-0.25, -0.2) is 0 Å². The fourth-order valence-electron chi connectivity index (χ4n) is 2.21. The SMILES string of the molecule is COc1cccc2c1ccn2CC(=O)C1CC1. The number of carbonyl (C=O) groups excluding carboxylic acids is 1. The third kappa shape index (κ3) is 1.82. The van der Waals surface area contributed by atoms with Gasteiger partial charge in [0, 0.05) is 17.5 Å². The average molecular weight is 229 g/mol. The summed E-state index contributed by atoms with van der Waals surface area (Å²) in [5.74, 6) is 1.53. The van der Waals surface area contributed by atoms with Crippen LogP contribution in [0.1, 0.15) is 12.8 Å². The Hall–Kier alpha value is -1.77. The highest BCUT2D eigenvalue weighted by Gasteiger charge is 2.29. The largest absolute Gasteiger partial charge is 0.496 e. The van der Waals surface area contributed by atoms with Gasteiger partial charge >= 0.3 is 0 Å². The van der Waals surface area contributed by atoms with Gasteiger partial charge in [-0.15, -0.1) is 0 Å². The second kappa shape index (κ2) is 3.91. The van der Waals surface area contributed by atoms with Gasteiger partial charge in [0.1, 0.15) is 5.75 Å². The molecule has 1 fully saturated rings. The first kappa shape index (κ1) is 10.4. The van der Waals surface area contributed by atoms with Crippen molar-refractivity contribution in [2.45, 2.75) is 19.4 Å². The van der Waals surface area contributed by atoms with E-state index in [2.05, 4.69) is 0 Å². The molecular weight excluding hydrogens is 214 g/mol. The number of hydrogen-bond donors (Lipinski definition) is 0. The molecule has 3 heteroatoms. The fourth-order valence-corrected chi connectivity index (χ4v) is 2.21. The number of methoxy groups -OCH3 is 1. The van der Waals surface area contributed by atoms with Crippen molar-refractivity contribution in [2.24, 2.45) is 5.92 Å². The first-order chi connectivity index (χ1) is 8.29. The second-order valence-electron chi connectivity index (χ2n) is 4.58. The van der Waals surface area contributed by atoms with Crippen LogP contribution in [-0.4, -0.2) is 17.5 Å². The van der Waals surface area contributed by atoms with Gasteiger partial charge in [0.25, 0.3) is 0 Å². The Balaban J connectivity index is 1.97. The predicted molar refractivity (Wildman–Crippen MR) is 66.2 cm³/mol. The Kier molecular flexibility index (Phi) is 2.39. The lowest BCUT2D eigenvalue weighted by Crippen LogP contribution is -2.10. The number of ether oxygens (including phenoxy) is 1. The first-order valence-corrected chi connectivity index (χ1v) is 5.94. The van der Waals surface area contributed by atoms with Crippen molar-refractivity contribution in [3.63, 3.8) is 0 Å². The van der Waals surface area contributed by atoms with Crippen LogP contribution in [0.25, 0.3) is 10.9 Å². The topological polar surface area (TPSA) is 31.2 Å². The number of rotatable bonds is 4. The van der Waals surface area contributed by atoms with Crippen LogP contribution in [0.15, 0.2) is 30.5 Å². The van der Waals surface area contributed by atoms with Gasteiger partial charge in [0.05, 0.1) is 19.2 Å². The number of benzene rings is 1. The molecule has 17 heavy (non-hydrogen) atoms. The normalized spacial score (nSPS) is 15.1. The zero-order valence-electron chi connectivity index (χ0n) is 9.85. The van der Waals surface area contributed by atoms with Crippen LogP contribution in [0.3, 0.4) is 0 Å². The monoisotopic (exact) mass is 229 g/mol. The van der Waals surface area contributed by atoms with Crippen molar-refractivity contribution in [1.29, 1.82) is 0 Å². The lowest BCUT2D eigenvalue weighted by atomic mass is 10.2. The van der Waals surface area contributed by atoms with E-state index in [0.717, 1.165) is 29.5 Å². The average Bonchev–Trinajstić information content (AvgIpc) is 3.12. The highest BCUT2D eigenvalue weighted by atomic mass is 16.5. The summed E-state index contributed by atoms with van der Waals surface area (Å²) in [6, 6.07) is 7.93. The highest BCUT2D eigenvalue weighted by molar-refractivity contribution is 5.89. The molecule has 1 aliphatic carbocycles. The summed E-state index contributed by atoms with van der Waals surface area (Å²) in [6.07, 6.45) is 4.11. The van der Waals surface area contributed by atoms with Crippen LogP contribution in [0.5, 0.6) is 5.75 Å². The van der Waals surface area contributed by atoms with Crippen LogP contribution in [-0.2, 0) is 11.3 Å². The van der Waals surface area contributed by atoms with Crippen molar-refractivity contribution in [3.05, 3.63) is 30.5 Å². The molecule has 1 aliphatic rings. The van der Waals surface area contributed by atoms with E-state index in [0.29, 0.717) is 18.2 Å². The minimum Gasteiger partial charge on any atom is -0.496 e. The Morgan fingerprint density at radius 2 is 2.24 bits per heavy atom. The van der Waals surface area contributed by atoms with Crippen molar-refractivity contribution in [3.8, 4) is 5.75 Å². The molecule has 0 amide bonds. The summed E-state index contributed by atoms with van der Waals surface area (Å²) in [7, 11) is 1.67. The van der Waals surface area contributed by atoms with Gasteiger partial charge < -0.3 is 9.30 Å². The maximum atomic E-state index is 11.8. The minimum absolute atomic E-state index is 0.318. The summed E-state index contributed by atoms with van der Waals surface area (Å²) < 4.78 is 7.32. The molecule has 1 aromatic heterocycles. The molecule has 2 aromatic rings. The van der Waals surface area contributed by atoms with Crippen LogP contribution >= 0.6 is 0 Å². The van der Waals surface area contributed by atoms with E-state index in [1.165, 1.54) is 0 Å². The molecule has 1 aromatic carbocycles. The van der Waals surface area contributed by atoms with E-state index >= 15 is 0 Å². The molecule has 0 unspecified atom stereocenters. The molecule has 3 nitrogen and oxygen atoms in total. The third-order valence-corrected chi connectivity index (χ3v) is 3.35. The number of aromatic nitrogens is 1. The number of hydrogen-bond acceptors (Lipinski definition) is 2. The first-order valence-electron chi connectivity index (χ1n) is 5.94. The number of nitrogens with zero attached hydrogens (tertiary/aromatic N) is 1. The molecule has 0 radical (unpaired) electrons. The predicted octanol–water partition coefficient (Wildman–Crippen LogP) is 2.63. The van der Waals surface area contributed by atoms with E-state index in [1.54, 1.807) is 7.11 Å². The van der Waals surface area contributed by atoms with Gasteiger partial charge in [-0.1, -0.05) is 6.07 Å². The van der Waals surface area contributed by atoms with E-state index in [9.17, 15) is 4.79 Å². The molecule has 0 aliphatic heterocycles. The van der Waals surface area contributed by atoms with Gasteiger partial charge in [0.15, 0.2) is 5.78 Å². The van der Waals surface area contributed by atoms with Gasteiger partial charge in [0.2, 0.25) is 0 Å². The number of fused-ring (bicyclic) bond motifs is 1. The van der Waals surface area contributed by atoms with Crippen LogP contribution in [0.4, 0.5) is 0 Å². The maximum absolute atomic E-state index is 11.8. The Labute approximate surface area is 100.0 Å². The zero-order chi connectivity index (χ0) is 11.8. The Morgan fingerprint density at radius 1 is 1.41 bits per heavy atom. The molecule has 1 saturated carbocycles. The number of Topliss-reactive ketones (excluding diaryl/α,β-unsaturated/α-hetero) is 1. The molecule has 88 valence electrons. The molecule has 0 saturated heterocycles. The van der Waals surface area contributed by atoms with Crippen molar-refractivity contribution >= 4 is 16.7 Å². The summed E-state index contributed by atoms with van der Waals surface area (Å²) in [6.45, 7) is 0.487. The van der Waals surface area contributed by atoms with Crippen molar-refractivity contribution < 1.29 is 9.53 Å². The summed E-state index contributed by atoms with van der Waals surface area (Å²) in [4.78, 5) is 11.8. The van der Waals surface area contributed by atoms with E-state index in [-0.39, 0.29) is 0 Å². The zero-order valence-corrected chi connectivity index (χ0v) is 9.85. The van der Waals surface area contributed by atoms with Crippen molar-refractivity contribution in [1.82, 2.24) is 4.57 Å². The van der Waals surface area contributed by atoms with Crippen molar-refractivity contribution in [2.75, 3.05) is 7.11 Å².